The van der Waals surface area contributed by atoms with Crippen molar-refractivity contribution in [1.82, 2.24) is 15.1 Å². The largest absolute Gasteiger partial charge is 0.339 e. The highest BCUT2D eigenvalue weighted by Gasteiger charge is 2.26. The molecule has 0 aromatic heterocycles. The van der Waals surface area contributed by atoms with E-state index in [2.05, 4.69) is 29.0 Å². The van der Waals surface area contributed by atoms with Gasteiger partial charge in [-0.15, -0.1) is 12.4 Å². The third-order valence-electron chi connectivity index (χ3n) is 4.49. The zero-order chi connectivity index (χ0) is 13.7. The van der Waals surface area contributed by atoms with Crippen molar-refractivity contribution in [2.75, 3.05) is 32.7 Å². The van der Waals surface area contributed by atoms with Gasteiger partial charge in [0.1, 0.15) is 0 Å². The van der Waals surface area contributed by atoms with Crippen LogP contribution in [0.25, 0.3) is 0 Å². The van der Waals surface area contributed by atoms with Crippen LogP contribution in [-0.4, -0.2) is 60.5 Å². The van der Waals surface area contributed by atoms with Crippen LogP contribution in [0.5, 0.6) is 0 Å². The maximum absolute atomic E-state index is 12.5. The molecule has 1 heterocycles. The molecule has 1 saturated heterocycles. The molecular formula is C15H30ClN3O. The normalized spacial score (nSPS) is 25.0. The number of hydrogen-bond donors (Lipinski definition) is 1. The molecule has 2 fully saturated rings. The van der Waals surface area contributed by atoms with Gasteiger partial charge in [-0.3, -0.25) is 9.69 Å². The second kappa shape index (κ2) is 8.85. The average Bonchev–Trinajstić information content (AvgIpc) is 2.41. The summed E-state index contributed by atoms with van der Waals surface area (Å²) in [5.41, 5.74) is 0. The van der Waals surface area contributed by atoms with E-state index in [-0.39, 0.29) is 12.4 Å². The van der Waals surface area contributed by atoms with Crippen molar-refractivity contribution in [3.63, 3.8) is 0 Å². The van der Waals surface area contributed by atoms with Crippen molar-refractivity contribution in [1.29, 1.82) is 0 Å². The first-order valence-corrected chi connectivity index (χ1v) is 7.96. The van der Waals surface area contributed by atoms with E-state index in [1.54, 1.807) is 0 Å². The molecule has 5 heteroatoms. The number of likely N-dealkylation sites (N-methyl/N-ethyl adjacent to an activating group) is 1. The summed E-state index contributed by atoms with van der Waals surface area (Å²) >= 11 is 0. The van der Waals surface area contributed by atoms with Gasteiger partial charge in [-0.25, -0.2) is 0 Å². The molecule has 2 aliphatic rings. The summed E-state index contributed by atoms with van der Waals surface area (Å²) in [5, 5.41) is 3.43. The number of halogens is 1. The number of carbonyl (C=O) groups is 1. The lowest BCUT2D eigenvalue weighted by Gasteiger charge is -2.37. The fraction of sp³-hybridized carbons (Fsp3) is 0.933. The molecule has 0 spiro atoms. The summed E-state index contributed by atoms with van der Waals surface area (Å²) in [6.07, 6.45) is 6.34. The van der Waals surface area contributed by atoms with Gasteiger partial charge in [0.25, 0.3) is 0 Å². The number of amides is 1. The van der Waals surface area contributed by atoms with Crippen LogP contribution >= 0.6 is 12.4 Å². The molecule has 1 aliphatic heterocycles. The highest BCUT2D eigenvalue weighted by Crippen LogP contribution is 2.22. The zero-order valence-electron chi connectivity index (χ0n) is 12.9. The zero-order valence-corrected chi connectivity index (χ0v) is 13.8. The van der Waals surface area contributed by atoms with Crippen LogP contribution in [0.1, 0.15) is 46.0 Å². The molecule has 1 unspecified atom stereocenters. The molecular weight excluding hydrogens is 274 g/mol. The van der Waals surface area contributed by atoms with Crippen molar-refractivity contribution in [2.45, 2.75) is 58.0 Å². The van der Waals surface area contributed by atoms with Gasteiger partial charge in [-0.2, -0.15) is 0 Å². The molecule has 2 rings (SSSR count). The fourth-order valence-electron chi connectivity index (χ4n) is 3.47. The van der Waals surface area contributed by atoms with Gasteiger partial charge in [0.15, 0.2) is 0 Å². The summed E-state index contributed by atoms with van der Waals surface area (Å²) in [5.74, 6) is 0.337. The molecule has 1 atom stereocenters. The molecule has 1 amide bonds. The van der Waals surface area contributed by atoms with E-state index in [4.69, 9.17) is 0 Å². The van der Waals surface area contributed by atoms with Gasteiger partial charge >= 0.3 is 0 Å². The SMILES string of the molecule is CCN(C(=O)CN1CCNC(C)C1)C1CCCCC1.Cl. The maximum atomic E-state index is 12.5. The number of piperazine rings is 1. The van der Waals surface area contributed by atoms with E-state index in [9.17, 15) is 4.79 Å². The number of nitrogens with one attached hydrogen (secondary N) is 1. The third kappa shape index (κ3) is 4.90. The molecule has 0 aromatic rings. The first-order valence-electron chi connectivity index (χ1n) is 7.96. The van der Waals surface area contributed by atoms with Crippen LogP contribution in [0.3, 0.4) is 0 Å². The standard InChI is InChI=1S/C15H29N3O.ClH/c1-3-18(14-7-5-4-6-8-14)15(19)12-17-10-9-16-13(2)11-17;/h13-14,16H,3-12H2,1-2H3;1H. The van der Waals surface area contributed by atoms with Crippen LogP contribution in [0, 0.1) is 0 Å². The third-order valence-corrected chi connectivity index (χ3v) is 4.49. The molecule has 1 N–H and O–H groups in total. The molecule has 1 saturated carbocycles. The number of carbonyl (C=O) groups excluding carboxylic acids is 1. The Bertz CT molecular complexity index is 295. The highest BCUT2D eigenvalue weighted by molar-refractivity contribution is 5.85. The first kappa shape index (κ1) is 17.7. The van der Waals surface area contributed by atoms with Gasteiger partial charge in [0.2, 0.25) is 5.91 Å². The molecule has 4 nitrogen and oxygen atoms in total. The van der Waals surface area contributed by atoms with Crippen LogP contribution in [-0.2, 0) is 4.79 Å². The minimum absolute atomic E-state index is 0. The number of rotatable bonds is 4. The van der Waals surface area contributed by atoms with E-state index in [0.29, 0.717) is 24.5 Å². The summed E-state index contributed by atoms with van der Waals surface area (Å²) < 4.78 is 0. The minimum Gasteiger partial charge on any atom is -0.339 e. The van der Waals surface area contributed by atoms with E-state index >= 15 is 0 Å². The predicted molar refractivity (Wildman–Crippen MR) is 85.4 cm³/mol. The molecule has 0 aromatic carbocycles. The Morgan fingerprint density at radius 1 is 1.30 bits per heavy atom. The Hall–Kier alpha value is -0.320. The number of hydrogen-bond acceptors (Lipinski definition) is 3. The van der Waals surface area contributed by atoms with E-state index < -0.39 is 0 Å². The van der Waals surface area contributed by atoms with Crippen molar-refractivity contribution in [3.05, 3.63) is 0 Å². The highest BCUT2D eigenvalue weighted by atomic mass is 35.5. The second-order valence-corrected chi connectivity index (χ2v) is 6.06. The summed E-state index contributed by atoms with van der Waals surface area (Å²) in [6, 6.07) is 1.01. The molecule has 1 aliphatic carbocycles. The molecule has 20 heavy (non-hydrogen) atoms. The van der Waals surface area contributed by atoms with Crippen LogP contribution in [0.4, 0.5) is 0 Å². The van der Waals surface area contributed by atoms with Crippen LogP contribution in [0.2, 0.25) is 0 Å². The van der Waals surface area contributed by atoms with Crippen LogP contribution < -0.4 is 5.32 Å². The summed E-state index contributed by atoms with van der Waals surface area (Å²) in [4.78, 5) is 16.9. The van der Waals surface area contributed by atoms with Crippen molar-refractivity contribution in [3.8, 4) is 0 Å². The average molecular weight is 304 g/mol. The summed E-state index contributed by atoms with van der Waals surface area (Å²) in [6.45, 7) is 8.78. The van der Waals surface area contributed by atoms with Gasteiger partial charge in [0.05, 0.1) is 6.54 Å². The number of nitrogens with zero attached hydrogens (tertiary/aromatic N) is 2. The van der Waals surface area contributed by atoms with Gasteiger partial charge < -0.3 is 10.2 Å². The van der Waals surface area contributed by atoms with Crippen LogP contribution in [0.15, 0.2) is 0 Å². The van der Waals surface area contributed by atoms with E-state index in [1.807, 2.05) is 0 Å². The van der Waals surface area contributed by atoms with Crippen molar-refractivity contribution < 1.29 is 4.79 Å². The van der Waals surface area contributed by atoms with Crippen molar-refractivity contribution in [2.24, 2.45) is 0 Å². The van der Waals surface area contributed by atoms with E-state index in [0.717, 1.165) is 26.2 Å². The monoisotopic (exact) mass is 303 g/mol. The molecule has 0 bridgehead atoms. The quantitative estimate of drug-likeness (QED) is 0.861. The lowest BCUT2D eigenvalue weighted by molar-refractivity contribution is -0.135. The minimum atomic E-state index is 0. The Morgan fingerprint density at radius 2 is 2.00 bits per heavy atom. The fourth-order valence-corrected chi connectivity index (χ4v) is 3.47. The second-order valence-electron chi connectivity index (χ2n) is 6.06. The first-order chi connectivity index (χ1) is 9.20. The van der Waals surface area contributed by atoms with Gasteiger partial charge in [-0.05, 0) is 26.7 Å². The predicted octanol–water partition coefficient (Wildman–Crippen LogP) is 1.88. The Morgan fingerprint density at radius 3 is 2.60 bits per heavy atom. The molecule has 0 radical (unpaired) electrons. The van der Waals surface area contributed by atoms with E-state index in [1.165, 1.54) is 32.1 Å². The maximum Gasteiger partial charge on any atom is 0.236 e. The lowest BCUT2D eigenvalue weighted by atomic mass is 9.94. The van der Waals surface area contributed by atoms with Crippen molar-refractivity contribution >= 4 is 18.3 Å². The Balaban J connectivity index is 0.00000200. The summed E-state index contributed by atoms with van der Waals surface area (Å²) in [7, 11) is 0. The molecule has 118 valence electrons. The lowest BCUT2D eigenvalue weighted by Crippen LogP contribution is -2.53. The smallest absolute Gasteiger partial charge is 0.236 e. The Kier molecular flexibility index (Phi) is 7.85. The van der Waals surface area contributed by atoms with Gasteiger partial charge in [-0.1, -0.05) is 19.3 Å². The van der Waals surface area contributed by atoms with Gasteiger partial charge in [0, 0.05) is 38.3 Å². The topological polar surface area (TPSA) is 35.6 Å². The Labute approximate surface area is 129 Å².